The third-order valence-electron chi connectivity index (χ3n) is 5.64. The average Bonchev–Trinajstić information content (AvgIpc) is 3.33. The first kappa shape index (κ1) is 15.0. The van der Waals surface area contributed by atoms with Crippen molar-refractivity contribution in [3.63, 3.8) is 0 Å². The Hall–Kier alpha value is -3.12. The van der Waals surface area contributed by atoms with Gasteiger partial charge in [-0.1, -0.05) is 12.2 Å². The number of methoxy groups -OCH3 is 1. The Morgan fingerprint density at radius 1 is 0.963 bits per heavy atom. The summed E-state index contributed by atoms with van der Waals surface area (Å²) in [6, 6.07) is 6.22. The van der Waals surface area contributed by atoms with E-state index in [0.717, 1.165) is 44.7 Å². The Kier molecular flexibility index (Phi) is 2.89. The zero-order valence-corrected chi connectivity index (χ0v) is 15.0. The third-order valence-corrected chi connectivity index (χ3v) is 5.64. The van der Waals surface area contributed by atoms with E-state index in [1.165, 1.54) is 16.0 Å². The van der Waals surface area contributed by atoms with Crippen LogP contribution >= 0.6 is 0 Å². The van der Waals surface area contributed by atoms with Gasteiger partial charge in [0.05, 0.1) is 19.4 Å². The van der Waals surface area contributed by atoms with Crippen molar-refractivity contribution in [1.82, 2.24) is 0 Å². The molecule has 27 heavy (non-hydrogen) atoms. The number of fused-ring (bicyclic) bond motifs is 7. The summed E-state index contributed by atoms with van der Waals surface area (Å²) in [5.41, 5.74) is 3.58. The molecule has 2 aromatic carbocycles. The molecular formula is C21H18NO5+. The number of nitrogens with one attached hydrogen (secondary N) is 1. The molecule has 0 fully saturated rings. The summed E-state index contributed by atoms with van der Waals surface area (Å²) < 4.78 is 28.2. The van der Waals surface area contributed by atoms with Crippen LogP contribution in [-0.2, 0) is 0 Å². The highest BCUT2D eigenvalue weighted by atomic mass is 16.7. The molecule has 0 spiro atoms. The maximum absolute atomic E-state index is 5.76. The summed E-state index contributed by atoms with van der Waals surface area (Å²) in [5, 5.41) is 2.09. The van der Waals surface area contributed by atoms with Crippen LogP contribution in [0, 0.1) is 0 Å². The average molecular weight is 364 g/mol. The van der Waals surface area contributed by atoms with Gasteiger partial charge >= 0.3 is 0 Å². The number of benzene rings is 2. The van der Waals surface area contributed by atoms with Crippen LogP contribution in [0.2, 0.25) is 0 Å². The van der Waals surface area contributed by atoms with Crippen LogP contribution in [0.25, 0.3) is 17.8 Å². The molecule has 6 nitrogen and oxygen atoms in total. The van der Waals surface area contributed by atoms with Crippen LogP contribution in [0.3, 0.4) is 0 Å². The van der Waals surface area contributed by atoms with Crippen LogP contribution < -0.4 is 39.0 Å². The van der Waals surface area contributed by atoms with E-state index in [0.29, 0.717) is 0 Å². The minimum Gasteiger partial charge on any atom is -0.496 e. The van der Waals surface area contributed by atoms with Crippen LogP contribution in [0.5, 0.6) is 28.7 Å². The molecule has 6 rings (SSSR count). The highest BCUT2D eigenvalue weighted by molar-refractivity contribution is 5.81. The molecule has 0 saturated carbocycles. The molecule has 0 aromatic heterocycles. The van der Waals surface area contributed by atoms with E-state index in [1.807, 2.05) is 6.07 Å². The quantitative estimate of drug-likeness (QED) is 0.791. The molecule has 6 heteroatoms. The van der Waals surface area contributed by atoms with E-state index in [1.54, 1.807) is 7.11 Å². The third kappa shape index (κ3) is 1.93. The number of hydrogen-bond acceptors (Lipinski definition) is 5. The Balaban J connectivity index is 1.68. The molecule has 2 aromatic rings. The lowest BCUT2D eigenvalue weighted by Crippen LogP contribution is -3.06. The minimum atomic E-state index is 0.140. The van der Waals surface area contributed by atoms with Crippen LogP contribution in [0.4, 0.5) is 0 Å². The maximum atomic E-state index is 5.76. The fourth-order valence-electron chi connectivity index (χ4n) is 4.48. The fraction of sp³-hybridized carbons (Fsp3) is 0.238. The molecule has 1 aliphatic carbocycles. The van der Waals surface area contributed by atoms with Gasteiger partial charge in [-0.15, -0.1) is 0 Å². The normalized spacial score (nSPS) is 22.7. The van der Waals surface area contributed by atoms with Crippen molar-refractivity contribution in [2.45, 2.75) is 6.04 Å². The molecule has 0 bridgehead atoms. The Labute approximate surface area is 155 Å². The number of rotatable bonds is 1. The van der Waals surface area contributed by atoms with E-state index in [9.17, 15) is 0 Å². The summed E-state index contributed by atoms with van der Waals surface area (Å²) in [6.45, 7) is 0.515. The lowest BCUT2D eigenvalue weighted by atomic mass is 9.84. The maximum Gasteiger partial charge on any atom is 0.231 e. The molecule has 136 valence electrons. The highest BCUT2D eigenvalue weighted by Gasteiger charge is 2.35. The van der Waals surface area contributed by atoms with Crippen LogP contribution in [0.1, 0.15) is 17.2 Å². The molecule has 3 heterocycles. The second-order valence-corrected chi connectivity index (χ2v) is 7.05. The molecule has 0 amide bonds. The predicted molar refractivity (Wildman–Crippen MR) is 97.5 cm³/mol. The Bertz CT molecular complexity index is 1150. The molecular weight excluding hydrogens is 346 g/mol. The molecule has 0 saturated heterocycles. The van der Waals surface area contributed by atoms with Gasteiger partial charge in [-0.25, -0.2) is 0 Å². The summed E-state index contributed by atoms with van der Waals surface area (Å²) in [5.74, 6) is 3.94. The van der Waals surface area contributed by atoms with Gasteiger partial charge in [-0.05, 0) is 17.7 Å². The van der Waals surface area contributed by atoms with Crippen molar-refractivity contribution in [2.24, 2.45) is 0 Å². The lowest BCUT2D eigenvalue weighted by molar-refractivity contribution is -0.821. The first-order valence-electron chi connectivity index (χ1n) is 8.92. The molecule has 1 N–H and O–H groups in total. The van der Waals surface area contributed by atoms with Gasteiger partial charge in [0, 0.05) is 22.4 Å². The van der Waals surface area contributed by atoms with Crippen molar-refractivity contribution >= 4 is 17.8 Å². The van der Waals surface area contributed by atoms with Gasteiger partial charge in [0.15, 0.2) is 23.0 Å². The highest BCUT2D eigenvalue weighted by Crippen LogP contribution is 2.41. The lowest BCUT2D eigenvalue weighted by Gasteiger charge is -2.30. The Morgan fingerprint density at radius 3 is 2.59 bits per heavy atom. The van der Waals surface area contributed by atoms with Gasteiger partial charge in [0.2, 0.25) is 13.6 Å². The smallest absolute Gasteiger partial charge is 0.231 e. The largest absolute Gasteiger partial charge is 0.496 e. The summed E-state index contributed by atoms with van der Waals surface area (Å²) in [6.07, 6.45) is 6.50. The Morgan fingerprint density at radius 2 is 1.74 bits per heavy atom. The van der Waals surface area contributed by atoms with Crippen LogP contribution in [0.15, 0.2) is 24.3 Å². The first-order valence-corrected chi connectivity index (χ1v) is 8.92. The van der Waals surface area contributed by atoms with Crippen molar-refractivity contribution < 1.29 is 28.6 Å². The predicted octanol–water partition coefficient (Wildman–Crippen LogP) is 0.338. The van der Waals surface area contributed by atoms with Crippen molar-refractivity contribution in [1.29, 1.82) is 0 Å². The number of hydrogen-bond donors (Lipinski definition) is 1. The summed E-state index contributed by atoms with van der Waals surface area (Å²) in [7, 11) is 3.85. The minimum absolute atomic E-state index is 0.140. The van der Waals surface area contributed by atoms with Gasteiger partial charge in [-0.3, -0.25) is 0 Å². The van der Waals surface area contributed by atoms with E-state index in [-0.39, 0.29) is 19.6 Å². The molecule has 2 unspecified atom stereocenters. The van der Waals surface area contributed by atoms with Crippen molar-refractivity contribution in [3.05, 3.63) is 45.8 Å². The monoisotopic (exact) mass is 364 g/mol. The van der Waals surface area contributed by atoms with E-state index in [2.05, 4.69) is 37.5 Å². The molecule has 2 atom stereocenters. The van der Waals surface area contributed by atoms with Gasteiger partial charge < -0.3 is 28.6 Å². The number of quaternary nitrogens is 1. The fourth-order valence-corrected chi connectivity index (χ4v) is 4.48. The van der Waals surface area contributed by atoms with Crippen molar-refractivity contribution in [2.75, 3.05) is 27.7 Å². The summed E-state index contributed by atoms with van der Waals surface area (Å²) >= 11 is 0. The number of ether oxygens (including phenoxy) is 5. The summed E-state index contributed by atoms with van der Waals surface area (Å²) in [4.78, 5) is 1.24. The first-order chi connectivity index (χ1) is 13.2. The van der Waals surface area contributed by atoms with Gasteiger partial charge in [0.1, 0.15) is 18.0 Å². The zero-order chi connectivity index (χ0) is 18.1. The molecule has 4 aliphatic rings. The van der Waals surface area contributed by atoms with E-state index >= 15 is 0 Å². The van der Waals surface area contributed by atoms with E-state index < -0.39 is 0 Å². The zero-order valence-electron chi connectivity index (χ0n) is 15.0. The SMILES string of the molecule is COc1cc2c(c3c1=C1C=Cc4cc5c(cc4C1[NH+](C)C=3)OCO5)OCO2. The van der Waals surface area contributed by atoms with Gasteiger partial charge in [-0.2, -0.15) is 0 Å². The van der Waals surface area contributed by atoms with E-state index in [4.69, 9.17) is 23.7 Å². The second kappa shape index (κ2) is 5.20. The standard InChI is InChI=1S/C21H17NO5/c1-22-8-14-19(17(23-2)7-18-21(14)27-10-26-18)12-4-3-11-5-15-16(25-9-24-15)6-13(11)20(12)22/h3-8,20H,9-10H2,1-2H3/p+1. The van der Waals surface area contributed by atoms with Gasteiger partial charge in [0.25, 0.3) is 0 Å². The van der Waals surface area contributed by atoms with Crippen LogP contribution in [-0.4, -0.2) is 27.7 Å². The molecule has 3 aliphatic heterocycles. The topological polar surface area (TPSA) is 50.6 Å². The molecule has 0 radical (unpaired) electrons. The van der Waals surface area contributed by atoms with Crippen molar-refractivity contribution in [3.8, 4) is 28.7 Å². The second-order valence-electron chi connectivity index (χ2n) is 7.05.